The highest BCUT2D eigenvalue weighted by molar-refractivity contribution is 7.24. The van der Waals surface area contributed by atoms with Crippen LogP contribution >= 0.6 is 22.7 Å². The number of hydrogen-bond acceptors (Lipinski definition) is 5. The zero-order valence-electron chi connectivity index (χ0n) is 34.4. The first-order chi connectivity index (χ1) is 31.8. The summed E-state index contributed by atoms with van der Waals surface area (Å²) in [5.41, 5.74) is 11.4. The van der Waals surface area contributed by atoms with Crippen LogP contribution in [-0.2, 0) is 0 Å². The lowest BCUT2D eigenvalue weighted by molar-refractivity contribution is 1.17. The van der Waals surface area contributed by atoms with Gasteiger partial charge in [0.2, 0.25) is 0 Å². The quantitative estimate of drug-likeness (QED) is 0.143. The summed E-state index contributed by atoms with van der Waals surface area (Å²) in [5, 5.41) is 9.64. The van der Waals surface area contributed by atoms with Crippen LogP contribution in [0.4, 0.5) is 32.8 Å². The van der Waals surface area contributed by atoms with Crippen molar-refractivity contribution in [1.82, 2.24) is 14.1 Å². The van der Waals surface area contributed by atoms with E-state index < -0.39 is 0 Å². The van der Waals surface area contributed by atoms with Crippen LogP contribution in [0.15, 0.2) is 225 Å². The molecule has 0 radical (unpaired) electrons. The number of anilines is 6. The predicted octanol–water partition coefficient (Wildman–Crippen LogP) is 16.6. The van der Waals surface area contributed by atoms with E-state index in [1.54, 1.807) is 0 Å². The van der Waals surface area contributed by atoms with Gasteiger partial charge in [0.25, 0.3) is 0 Å². The van der Waals surface area contributed by atoms with Crippen LogP contribution in [0.2, 0.25) is 0 Å². The lowest BCUT2D eigenvalue weighted by atomic mass is 9.99. The van der Waals surface area contributed by atoms with Gasteiger partial charge >= 0.3 is 0 Å². The minimum Gasteiger partial charge on any atom is -0.308 e. The Bertz CT molecular complexity index is 3800. The molecule has 0 saturated heterocycles. The Morgan fingerprint density at radius 2 is 0.781 bits per heavy atom. The van der Waals surface area contributed by atoms with E-state index in [4.69, 9.17) is 0 Å². The van der Waals surface area contributed by atoms with Crippen molar-refractivity contribution in [2.45, 2.75) is 0 Å². The fourth-order valence-corrected chi connectivity index (χ4v) is 12.0. The summed E-state index contributed by atoms with van der Waals surface area (Å²) in [7, 11) is 0. The highest BCUT2D eigenvalue weighted by atomic mass is 32.1. The third-order valence-electron chi connectivity index (χ3n) is 12.4. The Morgan fingerprint density at radius 1 is 0.344 bits per heavy atom. The fraction of sp³-hybridized carbons (Fsp3) is 0. The van der Waals surface area contributed by atoms with Gasteiger partial charge in [-0.15, -0.1) is 22.7 Å². The van der Waals surface area contributed by atoms with Crippen molar-refractivity contribution in [3.05, 3.63) is 225 Å². The number of para-hydroxylation sites is 4. The Labute approximate surface area is 377 Å². The van der Waals surface area contributed by atoms with Gasteiger partial charge in [0.1, 0.15) is 10.0 Å². The van der Waals surface area contributed by atoms with Gasteiger partial charge < -0.3 is 18.9 Å². The summed E-state index contributed by atoms with van der Waals surface area (Å²) in [4.78, 5) is 9.25. The summed E-state index contributed by atoms with van der Waals surface area (Å²) >= 11 is 3.70. The predicted molar refractivity (Wildman–Crippen MR) is 273 cm³/mol. The number of benzene rings is 8. The zero-order chi connectivity index (χ0) is 42.1. The molecule has 0 saturated carbocycles. The van der Waals surface area contributed by atoms with E-state index in [9.17, 15) is 0 Å². The average molecular weight is 856 g/mol. The van der Waals surface area contributed by atoms with Crippen LogP contribution in [-0.4, -0.2) is 14.1 Å². The molecule has 8 aromatic carbocycles. The SMILES string of the molecule is c1ccc(N(c2ccccc2)c2cc3c(s2)c2cc4c(cc2n3-c2ccccc2)c2sc(N(c3ccncc3)c3cc5ccccc5c5ccccc35)cc2n4-c2ccccc2)cc1. The van der Waals surface area contributed by atoms with E-state index in [1.807, 2.05) is 35.1 Å². The average Bonchev–Trinajstić information content (AvgIpc) is 4.12. The van der Waals surface area contributed by atoms with Gasteiger partial charge in [-0.3, -0.25) is 4.98 Å². The largest absolute Gasteiger partial charge is 0.308 e. The molecule has 5 nitrogen and oxygen atoms in total. The highest BCUT2D eigenvalue weighted by Gasteiger charge is 2.26. The number of thiophene rings is 2. The molecule has 0 fully saturated rings. The molecule has 0 aliphatic heterocycles. The van der Waals surface area contributed by atoms with Crippen LogP contribution in [0.1, 0.15) is 0 Å². The third-order valence-corrected chi connectivity index (χ3v) is 14.7. The summed E-state index contributed by atoms with van der Waals surface area (Å²) in [5.74, 6) is 0. The second-order valence-corrected chi connectivity index (χ2v) is 18.1. The van der Waals surface area contributed by atoms with Crippen LogP contribution in [0.3, 0.4) is 0 Å². The monoisotopic (exact) mass is 855 g/mol. The van der Waals surface area contributed by atoms with Crippen molar-refractivity contribution in [3.63, 3.8) is 0 Å². The fourth-order valence-electron chi connectivity index (χ4n) is 9.61. The van der Waals surface area contributed by atoms with Crippen molar-refractivity contribution < 1.29 is 0 Å². The minimum atomic E-state index is 1.06. The van der Waals surface area contributed by atoms with E-state index in [2.05, 4.69) is 236 Å². The van der Waals surface area contributed by atoms with Crippen molar-refractivity contribution >= 4 is 119 Å². The molecular formula is C57H37N5S2. The Hall–Kier alpha value is -7.97. The number of hydrogen-bond donors (Lipinski definition) is 0. The van der Waals surface area contributed by atoms with Crippen molar-refractivity contribution in [2.24, 2.45) is 0 Å². The van der Waals surface area contributed by atoms with Crippen molar-refractivity contribution in [3.8, 4) is 11.4 Å². The van der Waals surface area contributed by atoms with Gasteiger partial charge in [0, 0.05) is 57.0 Å². The zero-order valence-corrected chi connectivity index (χ0v) is 36.0. The Morgan fingerprint density at radius 3 is 1.33 bits per heavy atom. The lowest BCUT2D eigenvalue weighted by Gasteiger charge is -2.25. The van der Waals surface area contributed by atoms with E-state index in [0.29, 0.717) is 0 Å². The van der Waals surface area contributed by atoms with Crippen LogP contribution in [0.25, 0.3) is 75.2 Å². The molecule has 5 aromatic heterocycles. The Balaban J connectivity index is 1.09. The number of fused-ring (bicyclic) bond motifs is 9. The molecule has 0 spiro atoms. The highest BCUT2D eigenvalue weighted by Crippen LogP contribution is 2.51. The molecule has 5 heterocycles. The minimum absolute atomic E-state index is 1.06. The van der Waals surface area contributed by atoms with Crippen LogP contribution in [0.5, 0.6) is 0 Å². The molecule has 64 heavy (non-hydrogen) atoms. The van der Waals surface area contributed by atoms with Gasteiger partial charge in [-0.25, -0.2) is 0 Å². The standard InChI is InChI=1S/C57H37N5S2/c1-5-18-39(19-6-1)59(40-20-7-2-8-21-40)54-36-52-56(63-54)47-34-51-48(35-50(47)60(52)41-22-9-3-10-23-41)57-53(61(51)42-24-11-4-12-25-42)37-55(64-57)62(43-29-31-58-32-30-43)49-33-38-17-13-14-26-44(38)45-27-15-16-28-46(45)49/h1-37H. The third kappa shape index (κ3) is 5.79. The van der Waals surface area contributed by atoms with Crippen molar-refractivity contribution in [2.75, 3.05) is 9.80 Å². The maximum Gasteiger partial charge on any atom is 0.103 e. The number of nitrogens with zero attached hydrogens (tertiary/aromatic N) is 5. The molecule has 302 valence electrons. The van der Waals surface area contributed by atoms with Gasteiger partial charge in [-0.05, 0) is 107 Å². The van der Waals surface area contributed by atoms with E-state index in [-0.39, 0.29) is 0 Å². The first-order valence-corrected chi connectivity index (χ1v) is 23.1. The number of pyridine rings is 1. The number of rotatable bonds is 8. The van der Waals surface area contributed by atoms with E-state index in [0.717, 1.165) is 44.1 Å². The molecule has 0 atom stereocenters. The smallest absolute Gasteiger partial charge is 0.103 e. The maximum atomic E-state index is 4.44. The Kier molecular flexibility index (Phi) is 8.50. The van der Waals surface area contributed by atoms with Gasteiger partial charge in [0.15, 0.2) is 0 Å². The van der Waals surface area contributed by atoms with Gasteiger partial charge in [-0.2, -0.15) is 0 Å². The molecule has 7 heteroatoms. The lowest BCUT2D eigenvalue weighted by Crippen LogP contribution is -2.09. The summed E-state index contributed by atoms with van der Waals surface area (Å²) in [6.07, 6.45) is 3.78. The molecular weight excluding hydrogens is 819 g/mol. The summed E-state index contributed by atoms with van der Waals surface area (Å²) in [6, 6.07) is 76.8. The first kappa shape index (κ1) is 36.7. The second-order valence-electron chi connectivity index (χ2n) is 16.0. The number of aromatic nitrogens is 3. The van der Waals surface area contributed by atoms with Crippen molar-refractivity contribution in [1.29, 1.82) is 0 Å². The van der Waals surface area contributed by atoms with Crippen LogP contribution in [0, 0.1) is 0 Å². The molecule has 0 amide bonds. The molecule has 13 rings (SSSR count). The van der Waals surface area contributed by atoms with E-state index >= 15 is 0 Å². The molecule has 0 unspecified atom stereocenters. The van der Waals surface area contributed by atoms with Crippen LogP contribution < -0.4 is 9.80 Å². The second kappa shape index (κ2) is 14.8. The normalized spacial score (nSPS) is 11.8. The van der Waals surface area contributed by atoms with Gasteiger partial charge in [0.05, 0.1) is 37.2 Å². The molecule has 0 aliphatic carbocycles. The first-order valence-electron chi connectivity index (χ1n) is 21.4. The topological polar surface area (TPSA) is 29.2 Å². The molecule has 0 aliphatic rings. The van der Waals surface area contributed by atoms with E-state index in [1.165, 1.54) is 63.8 Å². The molecule has 0 bridgehead atoms. The van der Waals surface area contributed by atoms with Gasteiger partial charge in [-0.1, -0.05) is 121 Å². The summed E-state index contributed by atoms with van der Waals surface area (Å²) in [6.45, 7) is 0. The molecule has 13 aromatic rings. The maximum absolute atomic E-state index is 4.44. The molecule has 0 N–H and O–H groups in total. The summed E-state index contributed by atoms with van der Waals surface area (Å²) < 4.78 is 7.42.